The lowest BCUT2D eigenvalue weighted by Gasteiger charge is -2.37. The van der Waals surface area contributed by atoms with Gasteiger partial charge in [0.05, 0.1) is 31.1 Å². The molecule has 0 aromatic carbocycles. The van der Waals surface area contributed by atoms with Crippen LogP contribution in [0.25, 0.3) is 0 Å². The minimum absolute atomic E-state index is 0.358. The van der Waals surface area contributed by atoms with Gasteiger partial charge in [-0.1, -0.05) is 0 Å². The van der Waals surface area contributed by atoms with Crippen LogP contribution in [0.5, 0.6) is 0 Å². The lowest BCUT2D eigenvalue weighted by molar-refractivity contribution is 0.0897. The van der Waals surface area contributed by atoms with Crippen LogP contribution < -0.4 is 0 Å². The van der Waals surface area contributed by atoms with Gasteiger partial charge in [-0.15, -0.1) is 0 Å². The highest BCUT2D eigenvalue weighted by Crippen LogP contribution is 2.29. The molecule has 21 heavy (non-hydrogen) atoms. The SMILES string of the molecule is C[C@@H]1c2ncc(Cn3cccn3)n2CCN1[C@H]1CCOC1. The van der Waals surface area contributed by atoms with Gasteiger partial charge in [-0.2, -0.15) is 5.10 Å². The maximum Gasteiger partial charge on any atom is 0.126 e. The molecule has 1 saturated heterocycles. The van der Waals surface area contributed by atoms with Gasteiger partial charge in [0, 0.05) is 38.1 Å². The minimum Gasteiger partial charge on any atom is -0.380 e. The van der Waals surface area contributed by atoms with Gasteiger partial charge in [-0.3, -0.25) is 9.58 Å². The summed E-state index contributed by atoms with van der Waals surface area (Å²) in [6, 6.07) is 2.87. The normalized spacial score (nSPS) is 26.1. The molecule has 0 unspecified atom stereocenters. The Morgan fingerprint density at radius 2 is 2.33 bits per heavy atom. The molecular formula is C15H21N5O. The number of hydrogen-bond acceptors (Lipinski definition) is 4. The Hall–Kier alpha value is -1.66. The van der Waals surface area contributed by atoms with Gasteiger partial charge in [0.15, 0.2) is 0 Å². The number of nitrogens with zero attached hydrogens (tertiary/aromatic N) is 5. The summed E-state index contributed by atoms with van der Waals surface area (Å²) in [5.41, 5.74) is 1.24. The van der Waals surface area contributed by atoms with Crippen molar-refractivity contribution in [2.45, 2.75) is 38.5 Å². The fourth-order valence-electron chi connectivity index (χ4n) is 3.54. The Bertz CT molecular complexity index is 600. The molecule has 0 N–H and O–H groups in total. The van der Waals surface area contributed by atoms with Crippen LogP contribution in [-0.2, 0) is 17.8 Å². The second kappa shape index (κ2) is 5.27. The van der Waals surface area contributed by atoms with E-state index in [1.54, 1.807) is 0 Å². The van der Waals surface area contributed by atoms with Crippen LogP contribution in [0.15, 0.2) is 24.7 Å². The second-order valence-corrected chi connectivity index (χ2v) is 5.89. The minimum atomic E-state index is 0.358. The van der Waals surface area contributed by atoms with Crippen LogP contribution in [0.2, 0.25) is 0 Å². The van der Waals surface area contributed by atoms with E-state index in [-0.39, 0.29) is 0 Å². The summed E-state index contributed by atoms with van der Waals surface area (Å²) in [6.07, 6.45) is 6.96. The first-order valence-electron chi connectivity index (χ1n) is 7.68. The van der Waals surface area contributed by atoms with E-state index < -0.39 is 0 Å². The number of rotatable bonds is 3. The predicted molar refractivity (Wildman–Crippen MR) is 77.9 cm³/mol. The molecule has 2 atom stereocenters. The number of hydrogen-bond donors (Lipinski definition) is 0. The van der Waals surface area contributed by atoms with Gasteiger partial charge in [0.2, 0.25) is 0 Å². The molecule has 4 heterocycles. The fraction of sp³-hybridized carbons (Fsp3) is 0.600. The molecule has 0 bridgehead atoms. The maximum absolute atomic E-state index is 5.54. The Morgan fingerprint density at radius 1 is 1.38 bits per heavy atom. The highest BCUT2D eigenvalue weighted by molar-refractivity contribution is 5.12. The van der Waals surface area contributed by atoms with Crippen molar-refractivity contribution in [3.63, 3.8) is 0 Å². The first-order valence-corrected chi connectivity index (χ1v) is 7.68. The lowest BCUT2D eigenvalue weighted by atomic mass is 10.1. The van der Waals surface area contributed by atoms with Crippen LogP contribution in [-0.4, -0.2) is 50.0 Å². The van der Waals surface area contributed by atoms with Crippen molar-refractivity contribution >= 4 is 0 Å². The molecule has 1 fully saturated rings. The van der Waals surface area contributed by atoms with E-state index in [9.17, 15) is 0 Å². The second-order valence-electron chi connectivity index (χ2n) is 5.89. The van der Waals surface area contributed by atoms with E-state index in [0.717, 1.165) is 39.3 Å². The van der Waals surface area contributed by atoms with Crippen molar-refractivity contribution in [3.05, 3.63) is 36.2 Å². The zero-order chi connectivity index (χ0) is 14.2. The third-order valence-electron chi connectivity index (χ3n) is 4.68. The lowest BCUT2D eigenvalue weighted by Crippen LogP contribution is -2.44. The summed E-state index contributed by atoms with van der Waals surface area (Å²) in [6.45, 7) is 6.89. The topological polar surface area (TPSA) is 48.1 Å². The van der Waals surface area contributed by atoms with Crippen molar-refractivity contribution < 1.29 is 4.74 Å². The molecule has 4 rings (SSSR count). The molecule has 0 amide bonds. The van der Waals surface area contributed by atoms with Crippen molar-refractivity contribution in [1.82, 2.24) is 24.2 Å². The molecular weight excluding hydrogens is 266 g/mol. The average molecular weight is 287 g/mol. The van der Waals surface area contributed by atoms with Gasteiger partial charge in [-0.25, -0.2) is 4.98 Å². The summed E-state index contributed by atoms with van der Waals surface area (Å²) in [5, 5.41) is 4.29. The highest BCUT2D eigenvalue weighted by atomic mass is 16.5. The Kier molecular flexibility index (Phi) is 3.27. The summed E-state index contributed by atoms with van der Waals surface area (Å²) < 4.78 is 9.85. The van der Waals surface area contributed by atoms with Crippen molar-refractivity contribution in [1.29, 1.82) is 0 Å². The highest BCUT2D eigenvalue weighted by Gasteiger charge is 2.33. The first kappa shape index (κ1) is 13.0. The fourth-order valence-corrected chi connectivity index (χ4v) is 3.54. The molecule has 6 nitrogen and oxygen atoms in total. The van der Waals surface area contributed by atoms with Crippen LogP contribution in [0.3, 0.4) is 0 Å². The van der Waals surface area contributed by atoms with Gasteiger partial charge < -0.3 is 9.30 Å². The van der Waals surface area contributed by atoms with Crippen LogP contribution in [0.4, 0.5) is 0 Å². The van der Waals surface area contributed by atoms with E-state index in [1.807, 2.05) is 29.3 Å². The molecule has 2 aliphatic heterocycles. The Labute approximate surface area is 124 Å². The molecule has 0 saturated carbocycles. The predicted octanol–water partition coefficient (Wildman–Crippen LogP) is 1.29. The largest absolute Gasteiger partial charge is 0.380 e. The first-order chi connectivity index (χ1) is 10.3. The van der Waals surface area contributed by atoms with E-state index in [2.05, 4.69) is 26.5 Å². The maximum atomic E-state index is 5.54. The molecule has 6 heteroatoms. The van der Waals surface area contributed by atoms with Gasteiger partial charge in [0.25, 0.3) is 0 Å². The van der Waals surface area contributed by atoms with Crippen LogP contribution in [0, 0.1) is 0 Å². The van der Waals surface area contributed by atoms with Gasteiger partial charge >= 0.3 is 0 Å². The zero-order valence-corrected chi connectivity index (χ0v) is 12.4. The van der Waals surface area contributed by atoms with Crippen molar-refractivity contribution in [2.75, 3.05) is 19.8 Å². The summed E-state index contributed by atoms with van der Waals surface area (Å²) >= 11 is 0. The number of imidazole rings is 1. The summed E-state index contributed by atoms with van der Waals surface area (Å²) in [5.74, 6) is 1.18. The van der Waals surface area contributed by atoms with Gasteiger partial charge in [0.1, 0.15) is 5.82 Å². The molecule has 0 radical (unpaired) electrons. The zero-order valence-electron chi connectivity index (χ0n) is 12.4. The third kappa shape index (κ3) is 2.28. The quantitative estimate of drug-likeness (QED) is 0.853. The number of ether oxygens (including phenoxy) is 1. The smallest absolute Gasteiger partial charge is 0.126 e. The molecule has 2 aromatic rings. The van der Waals surface area contributed by atoms with E-state index >= 15 is 0 Å². The average Bonchev–Trinajstić information content (AvgIpc) is 3.21. The number of aromatic nitrogens is 4. The molecule has 0 aliphatic carbocycles. The summed E-state index contributed by atoms with van der Waals surface area (Å²) in [4.78, 5) is 7.23. The Balaban J connectivity index is 1.56. The molecule has 0 spiro atoms. The third-order valence-corrected chi connectivity index (χ3v) is 4.68. The van der Waals surface area contributed by atoms with Crippen LogP contribution in [0.1, 0.15) is 30.9 Å². The van der Waals surface area contributed by atoms with E-state index in [0.29, 0.717) is 12.1 Å². The molecule has 2 aromatic heterocycles. The van der Waals surface area contributed by atoms with Crippen molar-refractivity contribution in [2.24, 2.45) is 0 Å². The standard InChI is InChI=1S/C15H21N5O/c1-12-15-16-9-14(10-18-5-2-4-17-18)20(15)7-6-19(12)13-3-8-21-11-13/h2,4-5,9,12-13H,3,6-8,10-11H2,1H3/t12-,13+/m1/s1. The monoisotopic (exact) mass is 287 g/mol. The van der Waals surface area contributed by atoms with Crippen molar-refractivity contribution in [3.8, 4) is 0 Å². The summed E-state index contributed by atoms with van der Waals surface area (Å²) in [7, 11) is 0. The van der Waals surface area contributed by atoms with Gasteiger partial charge in [-0.05, 0) is 19.4 Å². The van der Waals surface area contributed by atoms with E-state index in [4.69, 9.17) is 4.74 Å². The molecule has 112 valence electrons. The van der Waals surface area contributed by atoms with E-state index in [1.165, 1.54) is 11.5 Å². The molecule has 2 aliphatic rings. The number of fused-ring (bicyclic) bond motifs is 1. The Morgan fingerprint density at radius 3 is 3.10 bits per heavy atom. The van der Waals surface area contributed by atoms with Crippen LogP contribution >= 0.6 is 0 Å².